The Morgan fingerprint density at radius 3 is 1.38 bits per heavy atom. The van der Waals surface area contributed by atoms with Gasteiger partial charge in [0.1, 0.15) is 0 Å². The molecular weight excluding hydrogens is 442 g/mol. The number of halogens is 1. The lowest BCUT2D eigenvalue weighted by Crippen LogP contribution is -2.60. The highest BCUT2D eigenvalue weighted by Gasteiger charge is 2.60. The molecule has 1 aromatic carbocycles. The van der Waals surface area contributed by atoms with Crippen LogP contribution in [0.5, 0.6) is 0 Å². The molecule has 0 saturated heterocycles. The van der Waals surface area contributed by atoms with Crippen LogP contribution in [0.25, 0.3) is 0 Å². The molecule has 3 nitrogen and oxygen atoms in total. The van der Waals surface area contributed by atoms with Gasteiger partial charge in [-0.1, -0.05) is 23.7 Å². The van der Waals surface area contributed by atoms with E-state index in [9.17, 15) is 9.59 Å². The Morgan fingerprint density at radius 1 is 0.676 bits per heavy atom. The van der Waals surface area contributed by atoms with Gasteiger partial charge >= 0.3 is 0 Å². The molecule has 8 bridgehead atoms. The number of imide groups is 1. The van der Waals surface area contributed by atoms with Gasteiger partial charge in [-0.2, -0.15) is 0 Å². The second kappa shape index (κ2) is 7.82. The fourth-order valence-corrected chi connectivity index (χ4v) is 10.6. The molecule has 0 radical (unpaired) electrons. The monoisotopic (exact) mass is 479 g/mol. The van der Waals surface area contributed by atoms with Gasteiger partial charge in [0, 0.05) is 11.6 Å². The minimum Gasteiger partial charge on any atom is -0.281 e. The summed E-state index contributed by atoms with van der Waals surface area (Å²) in [7, 11) is 0. The van der Waals surface area contributed by atoms with Crippen LogP contribution in [0.15, 0.2) is 24.3 Å². The molecule has 8 saturated carbocycles. The third-order valence-electron chi connectivity index (χ3n) is 11.0. The van der Waals surface area contributed by atoms with Crippen LogP contribution in [0, 0.1) is 46.3 Å². The smallest absolute Gasteiger partial charge is 0.235 e. The molecule has 0 aromatic heterocycles. The molecule has 2 amide bonds. The third kappa shape index (κ3) is 3.51. The Labute approximate surface area is 209 Å². The molecule has 1 aromatic rings. The highest BCUT2D eigenvalue weighted by molar-refractivity contribution is 6.30. The maximum atomic E-state index is 14.5. The standard InChI is InChI=1S/C30H38ClNO2/c31-26-3-1-19(2-4-26)5-6-32(27(33)29-13-20-7-21(14-29)9-22(8-20)15-29)28(34)30-16-23-10-24(17-30)12-25(11-23)18-30/h1-4,20-25H,5-18H2. The summed E-state index contributed by atoms with van der Waals surface area (Å²) in [6, 6.07) is 7.93. The lowest BCUT2D eigenvalue weighted by atomic mass is 9.48. The number of rotatable bonds is 5. The topological polar surface area (TPSA) is 37.4 Å². The zero-order chi connectivity index (χ0) is 23.1. The lowest BCUT2D eigenvalue weighted by Gasteiger charge is -2.58. The molecule has 0 atom stereocenters. The van der Waals surface area contributed by atoms with E-state index < -0.39 is 0 Å². The predicted molar refractivity (Wildman–Crippen MR) is 133 cm³/mol. The minimum atomic E-state index is -0.257. The SMILES string of the molecule is O=C(N(CCc1ccc(Cl)cc1)C(=O)C12CC3CC(CC(C3)C1)C2)C12CC3CC(CC(C3)C1)C2. The summed E-state index contributed by atoms with van der Waals surface area (Å²) in [6.07, 6.45) is 14.8. The predicted octanol–water partition coefficient (Wildman–Crippen LogP) is 6.67. The van der Waals surface area contributed by atoms with Crippen molar-refractivity contribution in [1.29, 1.82) is 0 Å². The fourth-order valence-electron chi connectivity index (χ4n) is 10.5. The minimum absolute atomic E-state index is 0.210. The van der Waals surface area contributed by atoms with Crippen molar-refractivity contribution < 1.29 is 9.59 Å². The third-order valence-corrected chi connectivity index (χ3v) is 11.3. The Bertz CT molecular complexity index is 871. The van der Waals surface area contributed by atoms with Crippen LogP contribution >= 0.6 is 11.6 Å². The maximum Gasteiger partial charge on any atom is 0.235 e. The number of carbonyl (C=O) groups is 2. The number of carbonyl (C=O) groups excluding carboxylic acids is 2. The molecule has 182 valence electrons. The normalized spacial score (nSPS) is 43.3. The Morgan fingerprint density at radius 2 is 1.03 bits per heavy atom. The van der Waals surface area contributed by atoms with E-state index in [0.29, 0.717) is 42.1 Å². The highest BCUT2D eigenvalue weighted by atomic mass is 35.5. The number of hydrogen-bond donors (Lipinski definition) is 0. The van der Waals surface area contributed by atoms with Crippen LogP contribution in [0.4, 0.5) is 0 Å². The van der Waals surface area contributed by atoms with Gasteiger partial charge in [0.15, 0.2) is 0 Å². The Hall–Kier alpha value is -1.35. The largest absolute Gasteiger partial charge is 0.281 e. The summed E-state index contributed by atoms with van der Waals surface area (Å²) < 4.78 is 0. The van der Waals surface area contributed by atoms with Crippen LogP contribution in [0.3, 0.4) is 0 Å². The summed E-state index contributed by atoms with van der Waals surface area (Å²) in [4.78, 5) is 30.8. The first-order chi connectivity index (χ1) is 16.4. The Balaban J connectivity index is 1.20. The highest BCUT2D eigenvalue weighted by Crippen LogP contribution is 2.63. The molecule has 8 aliphatic carbocycles. The molecule has 0 N–H and O–H groups in total. The molecule has 0 heterocycles. The molecule has 0 aliphatic heterocycles. The van der Waals surface area contributed by atoms with E-state index >= 15 is 0 Å². The molecule has 0 unspecified atom stereocenters. The quantitative estimate of drug-likeness (QED) is 0.442. The summed E-state index contributed by atoms with van der Waals surface area (Å²) in [5.41, 5.74) is 0.644. The van der Waals surface area contributed by atoms with Crippen LogP contribution < -0.4 is 0 Å². The van der Waals surface area contributed by atoms with Crippen LogP contribution in [0.1, 0.15) is 82.6 Å². The lowest BCUT2D eigenvalue weighted by molar-refractivity contribution is -0.174. The van der Waals surface area contributed by atoms with E-state index in [0.717, 1.165) is 55.5 Å². The van der Waals surface area contributed by atoms with E-state index in [4.69, 9.17) is 11.6 Å². The van der Waals surface area contributed by atoms with E-state index in [1.807, 2.05) is 29.2 Å². The van der Waals surface area contributed by atoms with Crippen molar-refractivity contribution in [3.05, 3.63) is 34.9 Å². The van der Waals surface area contributed by atoms with Crippen molar-refractivity contribution in [3.8, 4) is 0 Å². The molecule has 4 heteroatoms. The molecular formula is C30H38ClNO2. The van der Waals surface area contributed by atoms with E-state index in [-0.39, 0.29) is 22.6 Å². The number of hydrogen-bond acceptors (Lipinski definition) is 2. The van der Waals surface area contributed by atoms with Crippen molar-refractivity contribution in [2.45, 2.75) is 83.5 Å². The van der Waals surface area contributed by atoms with Crippen LogP contribution in [0.2, 0.25) is 5.02 Å². The zero-order valence-corrected chi connectivity index (χ0v) is 21.1. The molecule has 0 spiro atoms. The summed E-state index contributed by atoms with van der Waals surface area (Å²) in [5.74, 6) is 4.69. The van der Waals surface area contributed by atoms with E-state index in [2.05, 4.69) is 0 Å². The first-order valence-corrected chi connectivity index (χ1v) is 14.4. The van der Waals surface area contributed by atoms with Crippen molar-refractivity contribution in [2.24, 2.45) is 46.3 Å². The van der Waals surface area contributed by atoms with Crippen molar-refractivity contribution in [2.75, 3.05) is 6.54 Å². The number of amides is 2. The van der Waals surface area contributed by atoms with Gasteiger partial charge in [-0.25, -0.2) is 0 Å². The second-order valence-corrected chi connectivity index (χ2v) is 14.0. The van der Waals surface area contributed by atoms with Crippen LogP contribution in [-0.2, 0) is 16.0 Å². The van der Waals surface area contributed by atoms with Gasteiger partial charge in [-0.3, -0.25) is 14.5 Å². The fraction of sp³-hybridized carbons (Fsp3) is 0.733. The summed E-state index contributed by atoms with van der Waals surface area (Å²) in [6.45, 7) is 0.531. The Kier molecular flexibility index (Phi) is 5.04. The average Bonchev–Trinajstić information content (AvgIpc) is 2.78. The van der Waals surface area contributed by atoms with Gasteiger partial charge in [0.05, 0.1) is 10.8 Å². The molecule has 8 aliphatic rings. The molecule has 8 fully saturated rings. The van der Waals surface area contributed by atoms with Crippen LogP contribution in [-0.4, -0.2) is 23.3 Å². The van der Waals surface area contributed by atoms with Gasteiger partial charge in [0.25, 0.3) is 0 Å². The summed E-state index contributed by atoms with van der Waals surface area (Å²) in [5, 5.41) is 0.731. The second-order valence-electron chi connectivity index (χ2n) is 13.5. The van der Waals surface area contributed by atoms with E-state index in [1.54, 1.807) is 0 Å². The van der Waals surface area contributed by atoms with Gasteiger partial charge in [0.2, 0.25) is 11.8 Å². The average molecular weight is 480 g/mol. The van der Waals surface area contributed by atoms with Gasteiger partial charge in [-0.05, 0) is 137 Å². The summed E-state index contributed by atoms with van der Waals surface area (Å²) >= 11 is 6.11. The molecule has 9 rings (SSSR count). The zero-order valence-electron chi connectivity index (χ0n) is 20.3. The van der Waals surface area contributed by atoms with Crippen molar-refractivity contribution in [1.82, 2.24) is 4.90 Å². The van der Waals surface area contributed by atoms with E-state index in [1.165, 1.54) is 38.5 Å². The van der Waals surface area contributed by atoms with Gasteiger partial charge < -0.3 is 0 Å². The number of benzene rings is 1. The first-order valence-electron chi connectivity index (χ1n) is 14.0. The van der Waals surface area contributed by atoms with Crippen molar-refractivity contribution in [3.63, 3.8) is 0 Å². The first kappa shape index (κ1) is 21.9. The van der Waals surface area contributed by atoms with Crippen molar-refractivity contribution >= 4 is 23.4 Å². The maximum absolute atomic E-state index is 14.5. The van der Waals surface area contributed by atoms with Gasteiger partial charge in [-0.15, -0.1) is 0 Å². The number of nitrogens with zero attached hydrogens (tertiary/aromatic N) is 1. The molecule has 34 heavy (non-hydrogen) atoms.